The molecule has 11 heteroatoms. The second-order valence-corrected chi connectivity index (χ2v) is 7.47. The lowest BCUT2D eigenvalue weighted by atomic mass is 10.2. The van der Waals surface area contributed by atoms with E-state index in [0.717, 1.165) is 11.8 Å². The van der Waals surface area contributed by atoms with E-state index in [9.17, 15) is 14.0 Å². The summed E-state index contributed by atoms with van der Waals surface area (Å²) < 4.78 is 26.1. The van der Waals surface area contributed by atoms with E-state index in [-0.39, 0.29) is 41.0 Å². The molecule has 0 aliphatic carbocycles. The van der Waals surface area contributed by atoms with Crippen molar-refractivity contribution in [3.8, 4) is 22.9 Å². The van der Waals surface area contributed by atoms with E-state index in [1.807, 2.05) is 0 Å². The van der Waals surface area contributed by atoms with Gasteiger partial charge in [0.25, 0.3) is 5.56 Å². The number of nitrogens with one attached hydrogen (secondary N) is 2. The van der Waals surface area contributed by atoms with Crippen molar-refractivity contribution in [2.75, 3.05) is 17.9 Å². The van der Waals surface area contributed by atoms with Crippen LogP contribution in [0.3, 0.4) is 0 Å². The van der Waals surface area contributed by atoms with Gasteiger partial charge in [0.2, 0.25) is 12.7 Å². The van der Waals surface area contributed by atoms with Crippen molar-refractivity contribution in [3.63, 3.8) is 0 Å². The van der Waals surface area contributed by atoms with Crippen molar-refractivity contribution in [3.05, 3.63) is 64.7 Å². The van der Waals surface area contributed by atoms with Crippen LogP contribution < -0.4 is 20.3 Å². The summed E-state index contributed by atoms with van der Waals surface area (Å²) in [5.41, 5.74) is 0.651. The Morgan fingerprint density at radius 1 is 1.16 bits per heavy atom. The van der Waals surface area contributed by atoms with Crippen molar-refractivity contribution in [2.24, 2.45) is 0 Å². The number of carbonyl (C=O) groups is 1. The van der Waals surface area contributed by atoms with E-state index in [4.69, 9.17) is 9.47 Å². The monoisotopic (exact) mass is 439 g/mol. The van der Waals surface area contributed by atoms with E-state index in [0.29, 0.717) is 22.3 Å². The van der Waals surface area contributed by atoms with E-state index in [1.54, 1.807) is 36.4 Å². The summed E-state index contributed by atoms with van der Waals surface area (Å²) in [6, 6.07) is 12.5. The number of ether oxygens (including phenoxy) is 2. The molecule has 2 aromatic heterocycles. The Morgan fingerprint density at radius 3 is 2.87 bits per heavy atom. The number of halogens is 1. The molecule has 0 saturated heterocycles. The lowest BCUT2D eigenvalue weighted by Gasteiger charge is -2.09. The van der Waals surface area contributed by atoms with Crippen molar-refractivity contribution < 1.29 is 18.7 Å². The van der Waals surface area contributed by atoms with Crippen molar-refractivity contribution in [1.29, 1.82) is 0 Å². The van der Waals surface area contributed by atoms with Gasteiger partial charge < -0.3 is 14.8 Å². The fourth-order valence-electron chi connectivity index (χ4n) is 3.05. The minimum Gasteiger partial charge on any atom is -0.454 e. The first-order valence-corrected chi connectivity index (χ1v) is 10.1. The lowest BCUT2D eigenvalue weighted by Crippen LogP contribution is -2.15. The summed E-state index contributed by atoms with van der Waals surface area (Å²) in [5.74, 6) is 0.516. The number of hydrogen-bond acceptors (Lipinski definition) is 7. The molecule has 1 amide bonds. The van der Waals surface area contributed by atoms with Gasteiger partial charge in [0.1, 0.15) is 5.82 Å². The summed E-state index contributed by atoms with van der Waals surface area (Å²) in [6.07, 6.45) is 0. The maximum atomic E-state index is 14.2. The minimum absolute atomic E-state index is 0.00250. The van der Waals surface area contributed by atoms with Crippen LogP contribution in [0.1, 0.15) is 0 Å². The largest absolute Gasteiger partial charge is 0.454 e. The molecule has 156 valence electrons. The Hall–Kier alpha value is -3.86. The zero-order chi connectivity index (χ0) is 21.4. The van der Waals surface area contributed by atoms with Crippen molar-refractivity contribution in [1.82, 2.24) is 19.6 Å². The van der Waals surface area contributed by atoms with E-state index >= 15 is 0 Å². The molecule has 31 heavy (non-hydrogen) atoms. The molecule has 0 bridgehead atoms. The summed E-state index contributed by atoms with van der Waals surface area (Å²) in [4.78, 5) is 32.9. The van der Waals surface area contributed by atoms with Gasteiger partial charge in [-0.1, -0.05) is 23.9 Å². The van der Waals surface area contributed by atoms with Crippen LogP contribution in [0.25, 0.3) is 17.0 Å². The molecule has 0 atom stereocenters. The quantitative estimate of drug-likeness (QED) is 0.460. The first-order valence-electron chi connectivity index (χ1n) is 9.14. The molecule has 9 nitrogen and oxygen atoms in total. The van der Waals surface area contributed by atoms with Gasteiger partial charge >= 0.3 is 0 Å². The molecule has 1 aliphatic heterocycles. The Balaban J connectivity index is 1.38. The molecule has 1 aliphatic rings. The van der Waals surface area contributed by atoms with E-state index in [1.165, 1.54) is 16.6 Å². The van der Waals surface area contributed by atoms with Crippen LogP contribution in [0.4, 0.5) is 10.1 Å². The number of H-pyrrole nitrogens is 1. The number of amides is 1. The molecular weight excluding hydrogens is 425 g/mol. The Labute approximate surface area is 178 Å². The number of hydrogen-bond donors (Lipinski definition) is 2. The number of aromatic amines is 1. The third kappa shape index (κ3) is 3.82. The number of rotatable bonds is 5. The van der Waals surface area contributed by atoms with Crippen LogP contribution in [-0.4, -0.2) is 38.0 Å². The zero-order valence-electron chi connectivity index (χ0n) is 15.8. The number of fused-ring (bicyclic) bond motifs is 2. The smallest absolute Gasteiger partial charge is 0.266 e. The highest BCUT2D eigenvalue weighted by Crippen LogP contribution is 2.34. The van der Waals surface area contributed by atoms with Gasteiger partial charge in [-0.3, -0.25) is 14.7 Å². The van der Waals surface area contributed by atoms with Crippen LogP contribution in [-0.2, 0) is 4.79 Å². The van der Waals surface area contributed by atoms with Crippen LogP contribution in [0.15, 0.2) is 58.5 Å². The van der Waals surface area contributed by atoms with Gasteiger partial charge in [0.05, 0.1) is 11.3 Å². The number of thioether (sulfide) groups is 1. The molecule has 2 aromatic carbocycles. The molecule has 0 saturated carbocycles. The van der Waals surface area contributed by atoms with Crippen LogP contribution in [0.5, 0.6) is 11.5 Å². The predicted octanol–water partition coefficient (Wildman–Crippen LogP) is 2.68. The standard InChI is InChI=1S/C20H14FN5O4S/c21-13-4-2-1-3-12(13)19-23-16-8-17(27)25-26(16)20(24-19)31-9-18(28)22-11-5-6-14-15(7-11)30-10-29-14/h1-8H,9-10H2,(H,22,28)(H,25,27). The summed E-state index contributed by atoms with van der Waals surface area (Å²) in [6.45, 7) is 0.145. The first kappa shape index (κ1) is 19.1. The maximum Gasteiger partial charge on any atom is 0.266 e. The fourth-order valence-corrected chi connectivity index (χ4v) is 3.80. The van der Waals surface area contributed by atoms with Crippen LogP contribution in [0.2, 0.25) is 0 Å². The van der Waals surface area contributed by atoms with Gasteiger partial charge in [0, 0.05) is 17.8 Å². The van der Waals surface area contributed by atoms with Gasteiger partial charge in [-0.2, -0.15) is 0 Å². The second kappa shape index (κ2) is 7.76. The van der Waals surface area contributed by atoms with Gasteiger partial charge in [-0.15, -0.1) is 0 Å². The average Bonchev–Trinajstić information content (AvgIpc) is 3.37. The highest BCUT2D eigenvalue weighted by Gasteiger charge is 2.17. The molecule has 5 rings (SSSR count). The minimum atomic E-state index is -0.485. The SMILES string of the molecule is O=C(CSc1nc(-c2ccccc2F)nc2cc(=O)[nH]n12)Nc1ccc2c(c1)OCO2. The lowest BCUT2D eigenvalue weighted by molar-refractivity contribution is -0.113. The topological polar surface area (TPSA) is 111 Å². The first-order chi connectivity index (χ1) is 15.1. The second-order valence-electron chi connectivity index (χ2n) is 6.53. The molecule has 3 heterocycles. The Bertz CT molecular complexity index is 1370. The predicted molar refractivity (Wildman–Crippen MR) is 111 cm³/mol. The number of benzene rings is 2. The highest BCUT2D eigenvalue weighted by molar-refractivity contribution is 7.99. The summed E-state index contributed by atoms with van der Waals surface area (Å²) >= 11 is 1.08. The molecule has 0 radical (unpaired) electrons. The molecule has 0 unspecified atom stereocenters. The summed E-state index contributed by atoms with van der Waals surface area (Å²) in [7, 11) is 0. The number of carbonyl (C=O) groups excluding carboxylic acids is 1. The Kier molecular flexibility index (Phi) is 4.79. The van der Waals surface area contributed by atoms with Gasteiger partial charge in [-0.25, -0.2) is 18.9 Å². The maximum absolute atomic E-state index is 14.2. The fraction of sp³-hybridized carbons (Fsp3) is 0.100. The van der Waals surface area contributed by atoms with Crippen molar-refractivity contribution >= 4 is 29.0 Å². The van der Waals surface area contributed by atoms with Crippen LogP contribution >= 0.6 is 11.8 Å². The number of nitrogens with zero attached hydrogens (tertiary/aromatic N) is 3. The third-order valence-electron chi connectivity index (χ3n) is 4.43. The molecular formula is C20H14FN5O4S. The van der Waals surface area contributed by atoms with E-state index < -0.39 is 5.82 Å². The zero-order valence-corrected chi connectivity index (χ0v) is 16.6. The molecule has 0 fully saturated rings. The molecule has 4 aromatic rings. The third-order valence-corrected chi connectivity index (χ3v) is 5.37. The summed E-state index contributed by atoms with van der Waals surface area (Å²) in [5, 5.41) is 5.65. The number of aromatic nitrogens is 4. The highest BCUT2D eigenvalue weighted by atomic mass is 32.2. The normalized spacial score (nSPS) is 12.3. The van der Waals surface area contributed by atoms with Gasteiger partial charge in [-0.05, 0) is 24.3 Å². The molecule has 0 spiro atoms. The molecule has 2 N–H and O–H groups in total. The number of anilines is 1. The Morgan fingerprint density at radius 2 is 2.00 bits per heavy atom. The van der Waals surface area contributed by atoms with Crippen LogP contribution in [0, 0.1) is 5.82 Å². The van der Waals surface area contributed by atoms with Crippen molar-refractivity contribution in [2.45, 2.75) is 5.16 Å². The van der Waals surface area contributed by atoms with E-state index in [2.05, 4.69) is 20.4 Å². The van der Waals surface area contributed by atoms with Gasteiger partial charge in [0.15, 0.2) is 28.1 Å². The average molecular weight is 439 g/mol.